The molecule has 0 aromatic heterocycles. The van der Waals surface area contributed by atoms with Gasteiger partial charge in [-0.15, -0.1) is 0 Å². The lowest BCUT2D eigenvalue weighted by Crippen LogP contribution is -2.30. The second-order valence-corrected chi connectivity index (χ2v) is 2.30. The highest BCUT2D eigenvalue weighted by Gasteiger charge is 2.31. The van der Waals surface area contributed by atoms with Crippen LogP contribution in [-0.2, 0) is 4.74 Å². The van der Waals surface area contributed by atoms with Gasteiger partial charge in [-0.25, -0.2) is 0 Å². The highest BCUT2D eigenvalue weighted by Crippen LogP contribution is 2.17. The first-order valence-corrected chi connectivity index (χ1v) is 3.80. The topological polar surface area (TPSA) is 21.3 Å². The summed E-state index contributed by atoms with van der Waals surface area (Å²) in [6, 6.07) is 0.699. The smallest absolute Gasteiger partial charge is 0.0716 e. The Bertz CT molecular complexity index is 67.0. The number of rotatable bonds is 0. The van der Waals surface area contributed by atoms with Crippen LogP contribution in [-0.4, -0.2) is 25.3 Å². The van der Waals surface area contributed by atoms with Crippen molar-refractivity contribution in [2.24, 2.45) is 0 Å². The first-order chi connectivity index (χ1) is 4.45. The highest BCUT2D eigenvalue weighted by atomic mass is 16.5. The Labute approximate surface area is 56.6 Å². The van der Waals surface area contributed by atoms with Crippen LogP contribution in [0.1, 0.15) is 20.3 Å². The number of morpholine rings is 1. The van der Waals surface area contributed by atoms with Crippen molar-refractivity contribution < 1.29 is 4.74 Å². The Balaban J connectivity index is 0.000000186. The van der Waals surface area contributed by atoms with Crippen molar-refractivity contribution in [1.82, 2.24) is 5.32 Å². The number of ether oxygens (including phenoxy) is 1. The summed E-state index contributed by atoms with van der Waals surface area (Å²) in [6.07, 6.45) is 1.81. The predicted molar refractivity (Wildman–Crippen MR) is 37.5 cm³/mol. The van der Waals surface area contributed by atoms with Gasteiger partial charge in [-0.3, -0.25) is 0 Å². The summed E-state index contributed by atoms with van der Waals surface area (Å²) in [4.78, 5) is 0. The van der Waals surface area contributed by atoms with Crippen LogP contribution in [0.25, 0.3) is 0 Å². The summed E-state index contributed by atoms with van der Waals surface area (Å²) in [5.74, 6) is 0. The summed E-state index contributed by atoms with van der Waals surface area (Å²) < 4.78 is 5.29. The van der Waals surface area contributed by atoms with Gasteiger partial charge in [0.2, 0.25) is 0 Å². The van der Waals surface area contributed by atoms with Gasteiger partial charge in [0.05, 0.1) is 12.7 Å². The average molecular weight is 129 g/mol. The molecule has 2 rings (SSSR count). The van der Waals surface area contributed by atoms with Gasteiger partial charge in [-0.1, -0.05) is 13.8 Å². The predicted octanol–water partition coefficient (Wildman–Crippen LogP) is 0.773. The molecule has 0 aromatic rings. The molecule has 2 nitrogen and oxygen atoms in total. The molecule has 0 saturated carbocycles. The van der Waals surface area contributed by atoms with E-state index in [1.807, 2.05) is 13.8 Å². The van der Waals surface area contributed by atoms with E-state index in [1.165, 1.54) is 6.42 Å². The normalized spacial score (nSPS) is 38.0. The van der Waals surface area contributed by atoms with E-state index in [0.717, 1.165) is 13.2 Å². The molecule has 0 aromatic carbocycles. The quantitative estimate of drug-likeness (QED) is 0.521. The van der Waals surface area contributed by atoms with Crippen LogP contribution in [0.2, 0.25) is 0 Å². The first kappa shape index (κ1) is 7.03. The number of fused-ring (bicyclic) bond motifs is 2. The van der Waals surface area contributed by atoms with Gasteiger partial charge in [-0.05, 0) is 6.42 Å². The molecule has 0 unspecified atom stereocenters. The maximum atomic E-state index is 5.29. The minimum absolute atomic E-state index is 0.560. The van der Waals surface area contributed by atoms with Crippen molar-refractivity contribution in [2.45, 2.75) is 32.4 Å². The summed E-state index contributed by atoms with van der Waals surface area (Å²) in [5, 5.41) is 3.33. The van der Waals surface area contributed by atoms with E-state index >= 15 is 0 Å². The molecule has 2 aliphatic heterocycles. The Morgan fingerprint density at radius 1 is 1.44 bits per heavy atom. The Hall–Kier alpha value is -0.0800. The monoisotopic (exact) mass is 129 g/mol. The lowest BCUT2D eigenvalue weighted by atomic mass is 10.3. The van der Waals surface area contributed by atoms with Gasteiger partial charge >= 0.3 is 0 Å². The minimum Gasteiger partial charge on any atom is -0.375 e. The Morgan fingerprint density at radius 2 is 2.22 bits per heavy atom. The molecule has 1 N–H and O–H groups in total. The molecule has 2 saturated heterocycles. The second-order valence-electron chi connectivity index (χ2n) is 2.30. The van der Waals surface area contributed by atoms with Crippen LogP contribution in [0.5, 0.6) is 0 Å². The first-order valence-electron chi connectivity index (χ1n) is 3.80. The van der Waals surface area contributed by atoms with E-state index < -0.39 is 0 Å². The van der Waals surface area contributed by atoms with Gasteiger partial charge in [0.25, 0.3) is 0 Å². The van der Waals surface area contributed by atoms with Crippen LogP contribution >= 0.6 is 0 Å². The molecule has 9 heavy (non-hydrogen) atoms. The highest BCUT2D eigenvalue weighted by molar-refractivity contribution is 4.87. The molecule has 2 heterocycles. The number of nitrogens with one attached hydrogen (secondary N) is 1. The molecule has 0 amide bonds. The molecule has 2 bridgehead atoms. The van der Waals surface area contributed by atoms with E-state index in [9.17, 15) is 0 Å². The molecule has 2 fully saturated rings. The van der Waals surface area contributed by atoms with Crippen molar-refractivity contribution in [3.05, 3.63) is 0 Å². The SMILES string of the molecule is C1O[C@H]2CN[C@@H]1C2.CC. The molecule has 2 aliphatic rings. The molecule has 54 valence electrons. The lowest BCUT2D eigenvalue weighted by Gasteiger charge is -2.09. The molecular formula is C7H15NO. The standard InChI is InChI=1S/C5H9NO.C2H6/c1-4-3-7-5(1)2-6-4;1-2/h4-6H,1-3H2;1-2H3/t4-,5-;/m1./s1. The molecule has 2 atom stereocenters. The van der Waals surface area contributed by atoms with Crippen molar-refractivity contribution in [3.63, 3.8) is 0 Å². The maximum Gasteiger partial charge on any atom is 0.0716 e. The zero-order valence-electron chi connectivity index (χ0n) is 6.18. The van der Waals surface area contributed by atoms with Crippen molar-refractivity contribution in [1.29, 1.82) is 0 Å². The second kappa shape index (κ2) is 3.18. The third-order valence-corrected chi connectivity index (χ3v) is 1.71. The maximum absolute atomic E-state index is 5.29. The Kier molecular flexibility index (Phi) is 2.49. The van der Waals surface area contributed by atoms with Gasteiger partial charge in [0, 0.05) is 12.6 Å². The van der Waals surface area contributed by atoms with Gasteiger partial charge < -0.3 is 10.1 Å². The van der Waals surface area contributed by atoms with E-state index in [4.69, 9.17) is 4.74 Å². The van der Waals surface area contributed by atoms with E-state index in [-0.39, 0.29) is 0 Å². The number of hydrogen-bond donors (Lipinski definition) is 1. The van der Waals surface area contributed by atoms with E-state index in [2.05, 4.69) is 5.32 Å². The van der Waals surface area contributed by atoms with Gasteiger partial charge in [0.1, 0.15) is 0 Å². The zero-order valence-corrected chi connectivity index (χ0v) is 6.18. The summed E-state index contributed by atoms with van der Waals surface area (Å²) in [5.41, 5.74) is 0. The fourth-order valence-electron chi connectivity index (χ4n) is 1.29. The summed E-state index contributed by atoms with van der Waals surface area (Å²) >= 11 is 0. The minimum atomic E-state index is 0.560. The van der Waals surface area contributed by atoms with Crippen LogP contribution in [0.4, 0.5) is 0 Å². The third-order valence-electron chi connectivity index (χ3n) is 1.71. The molecule has 0 aliphatic carbocycles. The van der Waals surface area contributed by atoms with Crippen LogP contribution in [0.3, 0.4) is 0 Å². The third kappa shape index (κ3) is 1.43. The van der Waals surface area contributed by atoms with E-state index in [1.54, 1.807) is 0 Å². The summed E-state index contributed by atoms with van der Waals surface area (Å²) in [7, 11) is 0. The zero-order chi connectivity index (χ0) is 6.69. The van der Waals surface area contributed by atoms with E-state index in [0.29, 0.717) is 12.1 Å². The molecule has 2 heteroatoms. The van der Waals surface area contributed by atoms with Crippen LogP contribution in [0, 0.1) is 0 Å². The van der Waals surface area contributed by atoms with Crippen molar-refractivity contribution >= 4 is 0 Å². The average Bonchev–Trinajstić information content (AvgIpc) is 2.53. The lowest BCUT2D eigenvalue weighted by molar-refractivity contribution is 0.0892. The fraction of sp³-hybridized carbons (Fsp3) is 1.00. The molecule has 0 radical (unpaired) electrons. The van der Waals surface area contributed by atoms with Crippen LogP contribution in [0.15, 0.2) is 0 Å². The van der Waals surface area contributed by atoms with Crippen molar-refractivity contribution in [3.8, 4) is 0 Å². The van der Waals surface area contributed by atoms with Gasteiger partial charge in [-0.2, -0.15) is 0 Å². The fourth-order valence-corrected chi connectivity index (χ4v) is 1.29. The number of hydrogen-bond acceptors (Lipinski definition) is 2. The van der Waals surface area contributed by atoms with Crippen molar-refractivity contribution in [2.75, 3.05) is 13.2 Å². The molecule has 0 spiro atoms. The molecular weight excluding hydrogens is 114 g/mol. The van der Waals surface area contributed by atoms with Gasteiger partial charge in [0.15, 0.2) is 0 Å². The van der Waals surface area contributed by atoms with Crippen LogP contribution < -0.4 is 5.32 Å². The summed E-state index contributed by atoms with van der Waals surface area (Å²) in [6.45, 7) is 6.04. The largest absolute Gasteiger partial charge is 0.375 e. The Morgan fingerprint density at radius 3 is 2.33 bits per heavy atom.